The number of esters is 6. The van der Waals surface area contributed by atoms with E-state index in [1.807, 2.05) is 41.5 Å². The van der Waals surface area contributed by atoms with Crippen LogP contribution in [0.5, 0.6) is 0 Å². The number of rotatable bonds is 21. The Morgan fingerprint density at radius 2 is 1.26 bits per heavy atom. The number of fused-ring (bicyclic) bond motifs is 5. The van der Waals surface area contributed by atoms with Crippen LogP contribution in [0.4, 0.5) is 0 Å². The first kappa shape index (κ1) is 72.8. The maximum Gasteiger partial charge on any atom is 0.362 e. The van der Waals surface area contributed by atoms with E-state index < -0.39 is 68.6 Å². The lowest BCUT2D eigenvalue weighted by Gasteiger charge is -2.62. The van der Waals surface area contributed by atoms with Gasteiger partial charge in [-0.15, -0.1) is 0 Å². The van der Waals surface area contributed by atoms with Crippen LogP contribution in [0.25, 0.3) is 0 Å². The van der Waals surface area contributed by atoms with Crippen molar-refractivity contribution < 1.29 is 79.7 Å². The van der Waals surface area contributed by atoms with Crippen LogP contribution < -0.4 is 0 Å². The van der Waals surface area contributed by atoms with E-state index in [4.69, 9.17) is 28.4 Å². The van der Waals surface area contributed by atoms with E-state index in [9.17, 15) is 42.9 Å². The van der Waals surface area contributed by atoms with Gasteiger partial charge in [-0.05, 0) is 234 Å². The van der Waals surface area contributed by atoms with E-state index in [2.05, 4.69) is 49.9 Å². The monoisotopic (exact) mass is 1270 g/mol. The molecule has 8 saturated carbocycles. The Hall–Kier alpha value is -3.64. The SMILES string of the molecule is CCC(C)(CC(C)(C)C(=O)OC1(C)COC(=O)C1)C(=O)OC1(C)C2CC3CC(C2)CC1C3.CCC(C)(CC(C)C(=O)OS(=O)OC)C(=O)OC1(C)CCOC(=O)C1.CCCC(C)C1CCC2C3CCC4C[C@@H](OC(=O)C(C)CC)CC[C@]4(C)C3C[C@H](O)[C@]12C. The van der Waals surface area contributed by atoms with E-state index in [1.54, 1.807) is 27.7 Å². The van der Waals surface area contributed by atoms with Crippen molar-refractivity contribution in [1.29, 1.82) is 0 Å². The fraction of sp³-hybridized carbons (Fsp3) is 0.901. The smallest absolute Gasteiger partial charge is 0.362 e. The molecule has 0 radical (unpaired) electrons. The molecule has 508 valence electrons. The molecule has 0 aromatic heterocycles. The Bertz CT molecular complexity index is 2540. The fourth-order valence-corrected chi connectivity index (χ4v) is 19.4. The van der Waals surface area contributed by atoms with Gasteiger partial charge in [0.1, 0.15) is 23.9 Å². The van der Waals surface area contributed by atoms with Crippen LogP contribution in [-0.2, 0) is 81.7 Å². The van der Waals surface area contributed by atoms with Crippen molar-refractivity contribution in [2.75, 3.05) is 20.3 Å². The number of cyclic esters (lactones) is 2. The zero-order valence-corrected chi connectivity index (χ0v) is 58.5. The minimum atomic E-state index is -2.15. The van der Waals surface area contributed by atoms with Gasteiger partial charge in [0.2, 0.25) is 0 Å². The lowest BCUT2D eigenvalue weighted by molar-refractivity contribution is -0.214. The highest BCUT2D eigenvalue weighted by molar-refractivity contribution is 7.75. The highest BCUT2D eigenvalue weighted by Crippen LogP contribution is 2.69. The molecule has 1 N–H and O–H groups in total. The second-order valence-electron chi connectivity index (χ2n) is 32.2. The zero-order chi connectivity index (χ0) is 66.0. The Labute approximate surface area is 536 Å². The van der Waals surface area contributed by atoms with Crippen LogP contribution in [0.3, 0.4) is 0 Å². The van der Waals surface area contributed by atoms with Crippen LogP contribution in [0.1, 0.15) is 258 Å². The summed E-state index contributed by atoms with van der Waals surface area (Å²) in [5.74, 6) is 3.45. The summed E-state index contributed by atoms with van der Waals surface area (Å²) in [5, 5.41) is 11.7. The van der Waals surface area contributed by atoms with Gasteiger partial charge >= 0.3 is 53.1 Å². The number of ether oxygens (including phenoxy) is 6. The van der Waals surface area contributed by atoms with Gasteiger partial charge in [0, 0.05) is 6.42 Å². The van der Waals surface area contributed by atoms with Crippen molar-refractivity contribution in [3.8, 4) is 0 Å². The molecule has 2 aliphatic heterocycles. The molecule has 17 nitrogen and oxygen atoms in total. The lowest BCUT2D eigenvalue weighted by atomic mass is 9.43. The molecule has 13 unspecified atom stereocenters. The van der Waals surface area contributed by atoms with Gasteiger partial charge < -0.3 is 37.7 Å². The van der Waals surface area contributed by atoms with Gasteiger partial charge in [0.25, 0.3) is 0 Å². The van der Waals surface area contributed by atoms with Crippen LogP contribution >= 0.6 is 0 Å². The highest BCUT2D eigenvalue weighted by Gasteiger charge is 2.64. The summed E-state index contributed by atoms with van der Waals surface area (Å²) in [6, 6.07) is 0. The third kappa shape index (κ3) is 15.8. The third-order valence-corrected chi connectivity index (χ3v) is 25.7. The zero-order valence-electron chi connectivity index (χ0n) is 57.6. The molecule has 0 amide bonds. The average Bonchev–Trinajstić information content (AvgIpc) is 1.71. The summed E-state index contributed by atoms with van der Waals surface area (Å²) < 4.78 is 53.7. The first-order valence-corrected chi connectivity index (χ1v) is 35.6. The lowest BCUT2D eigenvalue weighted by Crippen LogP contribution is -2.59. The molecule has 89 heavy (non-hydrogen) atoms. The molecule has 8 aliphatic carbocycles. The highest BCUT2D eigenvalue weighted by atomic mass is 32.2. The summed E-state index contributed by atoms with van der Waals surface area (Å²) >= 11 is -2.15. The molecule has 10 rings (SSSR count). The quantitative estimate of drug-likeness (QED) is 0.0831. The molecular weight excluding hydrogens is 1160 g/mol. The summed E-state index contributed by atoms with van der Waals surface area (Å²) in [6.45, 7) is 32.2. The number of aliphatic hydroxyl groups excluding tert-OH is 1. The molecule has 2 heterocycles. The summed E-state index contributed by atoms with van der Waals surface area (Å²) in [4.78, 5) is 86.6. The maximum absolute atomic E-state index is 13.6. The minimum Gasteiger partial charge on any atom is -0.465 e. The molecule has 0 spiro atoms. The number of carbonyl (C=O) groups is 7. The molecule has 17 atom stereocenters. The van der Waals surface area contributed by atoms with Crippen molar-refractivity contribution >= 4 is 53.1 Å². The topological polar surface area (TPSA) is 231 Å². The van der Waals surface area contributed by atoms with Gasteiger partial charge in [-0.25, -0.2) is 0 Å². The van der Waals surface area contributed by atoms with Gasteiger partial charge in [0.05, 0.1) is 60.7 Å². The first-order chi connectivity index (χ1) is 41.5. The van der Waals surface area contributed by atoms with Crippen LogP contribution in [0, 0.1) is 98.1 Å². The van der Waals surface area contributed by atoms with Crippen LogP contribution in [0.2, 0.25) is 0 Å². The van der Waals surface area contributed by atoms with Crippen molar-refractivity contribution in [3.63, 3.8) is 0 Å². The van der Waals surface area contributed by atoms with E-state index in [0.717, 1.165) is 62.9 Å². The number of aliphatic hydroxyl groups is 1. The summed E-state index contributed by atoms with van der Waals surface area (Å²) in [5.41, 5.74) is -4.46. The van der Waals surface area contributed by atoms with E-state index >= 15 is 0 Å². The molecule has 2 saturated heterocycles. The molecule has 0 aromatic carbocycles. The Kier molecular flexibility index (Phi) is 23.3. The predicted molar refractivity (Wildman–Crippen MR) is 337 cm³/mol. The minimum absolute atomic E-state index is 0.00293. The molecule has 4 bridgehead atoms. The van der Waals surface area contributed by atoms with Crippen LogP contribution in [0.15, 0.2) is 0 Å². The molecule has 10 aliphatic rings. The molecule has 18 heteroatoms. The van der Waals surface area contributed by atoms with E-state index in [1.165, 1.54) is 70.6 Å². The largest absolute Gasteiger partial charge is 0.465 e. The fourth-order valence-electron chi connectivity index (χ4n) is 19.0. The van der Waals surface area contributed by atoms with Crippen molar-refractivity contribution in [3.05, 3.63) is 0 Å². The van der Waals surface area contributed by atoms with Crippen LogP contribution in [-0.4, -0.2) is 100 Å². The number of hydrogen-bond acceptors (Lipinski definition) is 17. The second-order valence-corrected chi connectivity index (χ2v) is 33.1. The number of hydrogen-bond donors (Lipinski definition) is 1. The van der Waals surface area contributed by atoms with Crippen molar-refractivity contribution in [2.45, 2.75) is 287 Å². The first-order valence-electron chi connectivity index (χ1n) is 34.6. The Balaban J connectivity index is 0.000000192. The molecule has 0 aromatic rings. The normalized spacial score (nSPS) is 38.6. The standard InChI is InChI=1S/C29H50O3.C26H40O6.C16H26O8S/c1-7-9-19(4)23-12-13-24-22-11-10-20-16-21(32-27(31)18(3)8-2)14-15-28(20,5)25(22)17-26(30)29(23,24)6;1-7-24(4,14-23(2,3)21(28)31-25(5)13-20(27)30-15-25)22(29)32-26(6)18-9-16-8-17(11-18)12-19(26)10-16;1-6-15(3,9-11(2)13(18)24-25(20)21-5)14(19)23-16(4)7-8-22-12(17)10-16/h18-26,30H,7-17H2,1-6H3;16-19H,7-15H2,1-6H3;11H,6-10H2,1-5H3/t18?,19?,20?,21-,22?,23?,24?,25?,26-,28-,29+;;/m0../s1. The van der Waals surface area contributed by atoms with Gasteiger partial charge in [-0.2, -0.15) is 4.21 Å². The summed E-state index contributed by atoms with van der Waals surface area (Å²) in [6.07, 6.45) is 20.8. The van der Waals surface area contributed by atoms with E-state index in [0.29, 0.717) is 66.6 Å². The number of carbonyl (C=O) groups excluding carboxylic acids is 7. The van der Waals surface area contributed by atoms with Gasteiger partial charge in [-0.1, -0.05) is 75.2 Å². The second kappa shape index (κ2) is 28.5. The summed E-state index contributed by atoms with van der Waals surface area (Å²) in [7, 11) is 1.15. The van der Waals surface area contributed by atoms with Gasteiger partial charge in [0.15, 0.2) is 5.60 Å². The average molecular weight is 1270 g/mol. The third-order valence-electron chi connectivity index (χ3n) is 25.1. The van der Waals surface area contributed by atoms with Gasteiger partial charge in [-0.3, -0.25) is 37.7 Å². The molecule has 10 fully saturated rings. The maximum atomic E-state index is 13.6. The van der Waals surface area contributed by atoms with E-state index in [-0.39, 0.29) is 79.5 Å². The predicted octanol–water partition coefficient (Wildman–Crippen LogP) is 13.7. The van der Waals surface area contributed by atoms with Crippen molar-refractivity contribution in [1.82, 2.24) is 0 Å². The Morgan fingerprint density at radius 1 is 0.663 bits per heavy atom. The Morgan fingerprint density at radius 3 is 1.82 bits per heavy atom. The van der Waals surface area contributed by atoms with Crippen molar-refractivity contribution in [2.24, 2.45) is 98.1 Å². The molecular formula is C71H116O17S.